The van der Waals surface area contributed by atoms with E-state index in [-0.39, 0.29) is 25.0 Å². The predicted molar refractivity (Wildman–Crippen MR) is 96.0 cm³/mol. The molecule has 3 N–H and O–H groups in total. The number of hydrogen-bond donors (Lipinski definition) is 2. The maximum Gasteiger partial charge on any atom is 0.353 e. The van der Waals surface area contributed by atoms with Crippen molar-refractivity contribution in [1.29, 1.82) is 0 Å². The number of nitrogens with zero attached hydrogens (tertiary/aromatic N) is 5. The summed E-state index contributed by atoms with van der Waals surface area (Å²) in [5.74, 6) is 0.339. The van der Waals surface area contributed by atoms with Gasteiger partial charge in [0.15, 0.2) is 11.2 Å². The first kappa shape index (κ1) is 19.2. The Morgan fingerprint density at radius 1 is 1.37 bits per heavy atom. The molecule has 0 saturated carbocycles. The predicted octanol–water partition coefficient (Wildman–Crippen LogP) is 1.19. The summed E-state index contributed by atoms with van der Waals surface area (Å²) < 4.78 is 29.1. The van der Waals surface area contributed by atoms with Gasteiger partial charge in [-0.2, -0.15) is 9.97 Å². The molecule has 144 valence electrons. The van der Waals surface area contributed by atoms with Gasteiger partial charge in [0.25, 0.3) is 0 Å². The van der Waals surface area contributed by atoms with E-state index in [4.69, 9.17) is 19.7 Å². The Bertz CT molecular complexity index is 951. The van der Waals surface area contributed by atoms with Gasteiger partial charge in [0.05, 0.1) is 26.7 Å². The maximum atomic E-state index is 12.0. The van der Waals surface area contributed by atoms with Crippen molar-refractivity contribution in [1.82, 2.24) is 24.5 Å². The Balaban J connectivity index is 1.52. The molecule has 3 aromatic rings. The van der Waals surface area contributed by atoms with Crippen molar-refractivity contribution in [2.75, 3.05) is 25.8 Å². The summed E-state index contributed by atoms with van der Waals surface area (Å²) in [5, 5.41) is 0. The van der Waals surface area contributed by atoms with Gasteiger partial charge in [0, 0.05) is 18.9 Å². The van der Waals surface area contributed by atoms with E-state index in [0.29, 0.717) is 23.3 Å². The van der Waals surface area contributed by atoms with E-state index in [0.717, 1.165) is 0 Å². The van der Waals surface area contributed by atoms with Crippen molar-refractivity contribution in [3.63, 3.8) is 0 Å². The first-order valence-electron chi connectivity index (χ1n) is 7.94. The minimum absolute atomic E-state index is 0.0207. The third-order valence-electron chi connectivity index (χ3n) is 3.53. The van der Waals surface area contributed by atoms with Crippen LogP contribution in [0.3, 0.4) is 0 Å². The zero-order chi connectivity index (χ0) is 19.3. The van der Waals surface area contributed by atoms with Gasteiger partial charge in [-0.3, -0.25) is 9.55 Å². The number of pyridine rings is 1. The summed E-state index contributed by atoms with van der Waals surface area (Å²) in [4.78, 5) is 26.0. The van der Waals surface area contributed by atoms with Gasteiger partial charge < -0.3 is 29.2 Å². The Kier molecular flexibility index (Phi) is 5.97. The van der Waals surface area contributed by atoms with Gasteiger partial charge in [0.1, 0.15) is 6.35 Å². The highest BCUT2D eigenvalue weighted by atomic mass is 31.2. The molecule has 12 heteroatoms. The Hall–Kier alpha value is -2.59. The lowest BCUT2D eigenvalue weighted by atomic mass is 10.3. The molecule has 0 bridgehead atoms. The zero-order valence-corrected chi connectivity index (χ0v) is 15.5. The standard InChI is InChI=1S/C15H19N6O5P/c1-24-14-12-13(19-15(16)20-14)21(9-18-12)5-6-25-10-27(22,23)26-8-11-3-2-4-17-7-11/h2-4,7,9H,5-6,8,10H2,1H3,(H,22,23)(H2,16,19,20). The third-order valence-corrected chi connectivity index (χ3v) is 4.57. The van der Waals surface area contributed by atoms with Crippen molar-refractivity contribution < 1.29 is 23.5 Å². The molecule has 1 unspecified atom stereocenters. The number of rotatable bonds is 9. The van der Waals surface area contributed by atoms with Gasteiger partial charge in [-0.25, -0.2) is 4.98 Å². The fourth-order valence-corrected chi connectivity index (χ4v) is 3.06. The summed E-state index contributed by atoms with van der Waals surface area (Å²) in [6.45, 7) is 0.477. The van der Waals surface area contributed by atoms with Crippen molar-refractivity contribution >= 4 is 24.7 Å². The maximum absolute atomic E-state index is 12.0. The minimum Gasteiger partial charge on any atom is -0.479 e. The first-order chi connectivity index (χ1) is 13.0. The summed E-state index contributed by atoms with van der Waals surface area (Å²) in [5.41, 5.74) is 7.31. The van der Waals surface area contributed by atoms with Gasteiger partial charge in [0.2, 0.25) is 11.8 Å². The summed E-state index contributed by atoms with van der Waals surface area (Å²) in [7, 11) is -2.41. The van der Waals surface area contributed by atoms with Crippen molar-refractivity contribution in [3.8, 4) is 5.88 Å². The molecule has 0 aliphatic heterocycles. The zero-order valence-electron chi connectivity index (χ0n) is 14.6. The topological polar surface area (TPSA) is 148 Å². The van der Waals surface area contributed by atoms with Crippen LogP contribution in [0.25, 0.3) is 11.2 Å². The normalized spacial score (nSPS) is 13.6. The summed E-state index contributed by atoms with van der Waals surface area (Å²) in [6, 6.07) is 3.47. The number of hydrogen-bond acceptors (Lipinski definition) is 9. The van der Waals surface area contributed by atoms with Gasteiger partial charge in [-0.1, -0.05) is 6.07 Å². The molecular weight excluding hydrogens is 375 g/mol. The monoisotopic (exact) mass is 394 g/mol. The second-order valence-corrected chi connectivity index (χ2v) is 7.30. The molecule has 1 atom stereocenters. The van der Waals surface area contributed by atoms with E-state index in [2.05, 4.69) is 19.9 Å². The minimum atomic E-state index is -3.87. The quantitative estimate of drug-likeness (QED) is 0.400. The number of nitrogen functional groups attached to an aromatic ring is 1. The van der Waals surface area contributed by atoms with Crippen LogP contribution in [0.4, 0.5) is 5.95 Å². The number of ether oxygens (including phenoxy) is 2. The summed E-state index contributed by atoms with van der Waals surface area (Å²) >= 11 is 0. The van der Waals surface area contributed by atoms with E-state index < -0.39 is 13.9 Å². The molecule has 3 aromatic heterocycles. The molecule has 0 aliphatic carbocycles. The smallest absolute Gasteiger partial charge is 0.353 e. The van der Waals surface area contributed by atoms with Crippen molar-refractivity contribution in [2.24, 2.45) is 0 Å². The molecule has 0 amide bonds. The van der Waals surface area contributed by atoms with Gasteiger partial charge in [-0.05, 0) is 11.6 Å². The lowest BCUT2D eigenvalue weighted by molar-refractivity contribution is 0.136. The molecule has 0 aromatic carbocycles. The van der Waals surface area contributed by atoms with E-state index in [1.54, 1.807) is 35.4 Å². The van der Waals surface area contributed by atoms with Crippen LogP contribution < -0.4 is 10.5 Å². The largest absolute Gasteiger partial charge is 0.479 e. The van der Waals surface area contributed by atoms with Crippen LogP contribution in [0.5, 0.6) is 5.88 Å². The van der Waals surface area contributed by atoms with E-state index in [1.807, 2.05) is 0 Å². The molecule has 27 heavy (non-hydrogen) atoms. The molecule has 0 fully saturated rings. The number of methoxy groups -OCH3 is 1. The highest BCUT2D eigenvalue weighted by molar-refractivity contribution is 7.52. The Morgan fingerprint density at radius 2 is 2.22 bits per heavy atom. The number of anilines is 1. The number of aromatic nitrogens is 5. The molecule has 0 spiro atoms. The molecular formula is C15H19N6O5P. The Labute approximate surface area is 154 Å². The van der Waals surface area contributed by atoms with Crippen LogP contribution in [0.1, 0.15) is 5.56 Å². The number of nitrogens with two attached hydrogens (primary N) is 1. The lowest BCUT2D eigenvalue weighted by Crippen LogP contribution is -2.08. The average molecular weight is 394 g/mol. The molecule has 3 rings (SSSR count). The van der Waals surface area contributed by atoms with Crippen LogP contribution in [0.15, 0.2) is 30.9 Å². The van der Waals surface area contributed by atoms with Gasteiger partial charge >= 0.3 is 7.60 Å². The molecule has 11 nitrogen and oxygen atoms in total. The van der Waals surface area contributed by atoms with E-state index >= 15 is 0 Å². The van der Waals surface area contributed by atoms with Crippen LogP contribution >= 0.6 is 7.60 Å². The Morgan fingerprint density at radius 3 is 2.96 bits per heavy atom. The fraction of sp³-hybridized carbons (Fsp3) is 0.333. The van der Waals surface area contributed by atoms with Crippen LogP contribution in [0, 0.1) is 0 Å². The van der Waals surface area contributed by atoms with Crippen molar-refractivity contribution in [3.05, 3.63) is 36.4 Å². The molecule has 3 heterocycles. The fourth-order valence-electron chi connectivity index (χ4n) is 2.28. The average Bonchev–Trinajstić information content (AvgIpc) is 3.06. The number of fused-ring (bicyclic) bond motifs is 1. The second-order valence-electron chi connectivity index (χ2n) is 5.51. The molecule has 0 aliphatic rings. The van der Waals surface area contributed by atoms with E-state index in [1.165, 1.54) is 7.11 Å². The third kappa shape index (κ3) is 4.98. The summed E-state index contributed by atoms with van der Waals surface area (Å²) in [6.07, 6.45) is 4.29. The van der Waals surface area contributed by atoms with Crippen molar-refractivity contribution in [2.45, 2.75) is 13.2 Å². The van der Waals surface area contributed by atoms with Gasteiger partial charge in [-0.15, -0.1) is 0 Å². The lowest BCUT2D eigenvalue weighted by Gasteiger charge is -2.12. The van der Waals surface area contributed by atoms with Crippen LogP contribution in [-0.2, 0) is 27.0 Å². The van der Waals surface area contributed by atoms with Crippen LogP contribution in [0.2, 0.25) is 0 Å². The molecule has 0 saturated heterocycles. The van der Waals surface area contributed by atoms with E-state index in [9.17, 15) is 9.46 Å². The SMILES string of the molecule is COc1nc(N)nc2c1ncn2CCOCP(=O)(O)OCc1cccnc1. The first-order valence-corrected chi connectivity index (χ1v) is 9.70. The van der Waals surface area contributed by atoms with Crippen LogP contribution in [-0.4, -0.2) is 49.5 Å². The highest BCUT2D eigenvalue weighted by Gasteiger charge is 2.20. The molecule has 0 radical (unpaired) electrons. The highest BCUT2D eigenvalue weighted by Crippen LogP contribution is 2.42. The number of imidazole rings is 1. The second kappa shape index (κ2) is 8.40.